The largest absolute Gasteiger partial charge is 0.217 e. The molecule has 3 heteroatoms. The van der Waals surface area contributed by atoms with Crippen LogP contribution in [0.25, 0.3) is 5.70 Å². The molecule has 0 atom stereocenters. The van der Waals surface area contributed by atoms with Gasteiger partial charge in [-0.1, -0.05) is 84.8 Å². The Hall–Kier alpha value is -2.68. The van der Waals surface area contributed by atoms with E-state index in [0.717, 1.165) is 25.0 Å². The Morgan fingerprint density at radius 3 is 2.31 bits per heavy atom. The maximum Gasteiger partial charge on any atom is 0.0863 e. The van der Waals surface area contributed by atoms with Crippen molar-refractivity contribution >= 4 is 5.70 Å². The molecule has 0 fully saturated rings. The summed E-state index contributed by atoms with van der Waals surface area (Å²) in [6.07, 6.45) is 10.4. The van der Waals surface area contributed by atoms with E-state index in [1.807, 2.05) is 0 Å². The van der Waals surface area contributed by atoms with Gasteiger partial charge in [-0.15, -0.1) is 5.10 Å². The zero-order valence-corrected chi connectivity index (χ0v) is 15.1. The standard InChI is InChI=1S/C23H25N3/c1-2-10-16-23-21(15-9-1)24-25-26(23)22(20-13-7-4-8-14-20)18-17-19-11-5-3-6-12-19/h3-8,11-14,18H,1-2,9-10,15-17H2/b22-18-. The lowest BCUT2D eigenvalue weighted by Crippen LogP contribution is -2.09. The fourth-order valence-corrected chi connectivity index (χ4v) is 3.67. The van der Waals surface area contributed by atoms with Gasteiger partial charge in [-0.25, -0.2) is 4.68 Å². The Morgan fingerprint density at radius 2 is 1.54 bits per heavy atom. The van der Waals surface area contributed by atoms with Crippen LogP contribution >= 0.6 is 0 Å². The normalized spacial score (nSPS) is 15.2. The minimum atomic E-state index is 0.889. The molecule has 0 radical (unpaired) electrons. The van der Waals surface area contributed by atoms with E-state index in [2.05, 4.69) is 81.7 Å². The average molecular weight is 343 g/mol. The Bertz CT molecular complexity index is 863. The fraction of sp³-hybridized carbons (Fsp3) is 0.304. The van der Waals surface area contributed by atoms with Crippen molar-refractivity contribution < 1.29 is 0 Å². The van der Waals surface area contributed by atoms with E-state index in [0.29, 0.717) is 0 Å². The predicted octanol–water partition coefficient (Wildman–Crippen LogP) is 5.07. The summed E-state index contributed by atoms with van der Waals surface area (Å²) < 4.78 is 2.10. The van der Waals surface area contributed by atoms with E-state index in [4.69, 9.17) is 0 Å². The summed E-state index contributed by atoms with van der Waals surface area (Å²) in [5, 5.41) is 9.10. The first-order chi connectivity index (χ1) is 12.9. The van der Waals surface area contributed by atoms with E-state index >= 15 is 0 Å². The zero-order valence-electron chi connectivity index (χ0n) is 15.1. The van der Waals surface area contributed by atoms with Crippen molar-refractivity contribution in [2.24, 2.45) is 0 Å². The molecule has 4 rings (SSSR count). The second kappa shape index (κ2) is 8.13. The van der Waals surface area contributed by atoms with Crippen LogP contribution in [0.2, 0.25) is 0 Å². The molecule has 0 bridgehead atoms. The lowest BCUT2D eigenvalue weighted by molar-refractivity contribution is 0.603. The maximum absolute atomic E-state index is 4.57. The SMILES string of the molecule is C(/Cc1ccccc1)=C(\c1ccccc1)n1nnc2c1CCCCCC2. The van der Waals surface area contributed by atoms with Crippen molar-refractivity contribution in [2.75, 3.05) is 0 Å². The number of allylic oxidation sites excluding steroid dienone is 1. The molecule has 2 aromatic carbocycles. The molecule has 26 heavy (non-hydrogen) atoms. The van der Waals surface area contributed by atoms with Gasteiger partial charge in [-0.3, -0.25) is 0 Å². The number of nitrogens with zero attached hydrogens (tertiary/aromatic N) is 3. The molecule has 0 saturated heterocycles. The first-order valence-electron chi connectivity index (χ1n) is 9.65. The van der Waals surface area contributed by atoms with Gasteiger partial charge in [0.1, 0.15) is 0 Å². The van der Waals surface area contributed by atoms with Gasteiger partial charge in [-0.2, -0.15) is 0 Å². The van der Waals surface area contributed by atoms with Crippen molar-refractivity contribution in [3.63, 3.8) is 0 Å². The molecular formula is C23H25N3. The van der Waals surface area contributed by atoms with E-state index in [-0.39, 0.29) is 0 Å². The number of fused-ring (bicyclic) bond motifs is 1. The smallest absolute Gasteiger partial charge is 0.0863 e. The first kappa shape index (κ1) is 16.8. The van der Waals surface area contributed by atoms with Crippen molar-refractivity contribution in [1.82, 2.24) is 15.0 Å². The number of hydrogen-bond donors (Lipinski definition) is 0. The van der Waals surface area contributed by atoms with Gasteiger partial charge >= 0.3 is 0 Å². The minimum Gasteiger partial charge on any atom is -0.217 e. The molecule has 1 aliphatic rings. The molecular weight excluding hydrogens is 318 g/mol. The molecule has 1 aliphatic carbocycles. The third kappa shape index (κ3) is 3.77. The highest BCUT2D eigenvalue weighted by molar-refractivity contribution is 5.66. The number of benzene rings is 2. The Labute approximate surface area is 155 Å². The van der Waals surface area contributed by atoms with Gasteiger partial charge < -0.3 is 0 Å². The summed E-state index contributed by atoms with van der Waals surface area (Å²) in [6.45, 7) is 0. The Morgan fingerprint density at radius 1 is 0.846 bits per heavy atom. The van der Waals surface area contributed by atoms with Crippen LogP contribution < -0.4 is 0 Å². The number of hydrogen-bond acceptors (Lipinski definition) is 2. The monoisotopic (exact) mass is 343 g/mol. The Kier molecular flexibility index (Phi) is 5.25. The first-order valence-corrected chi connectivity index (χ1v) is 9.65. The molecule has 3 nitrogen and oxygen atoms in total. The van der Waals surface area contributed by atoms with Crippen LogP contribution in [0.4, 0.5) is 0 Å². The zero-order chi connectivity index (χ0) is 17.6. The summed E-state index contributed by atoms with van der Waals surface area (Å²) >= 11 is 0. The number of aryl methyl sites for hydroxylation is 1. The molecule has 0 spiro atoms. The van der Waals surface area contributed by atoms with Crippen molar-refractivity contribution in [3.05, 3.63) is 89.3 Å². The van der Waals surface area contributed by atoms with Gasteiger partial charge in [0.15, 0.2) is 0 Å². The van der Waals surface area contributed by atoms with E-state index < -0.39 is 0 Å². The molecule has 3 aromatic rings. The van der Waals surface area contributed by atoms with Crippen LogP contribution in [0.5, 0.6) is 0 Å². The van der Waals surface area contributed by atoms with E-state index in [9.17, 15) is 0 Å². The topological polar surface area (TPSA) is 30.7 Å². The summed E-state index contributed by atoms with van der Waals surface area (Å²) in [7, 11) is 0. The minimum absolute atomic E-state index is 0.889. The molecule has 1 heterocycles. The van der Waals surface area contributed by atoms with Crippen LogP contribution in [0, 0.1) is 0 Å². The second-order valence-electron chi connectivity index (χ2n) is 6.95. The third-order valence-corrected chi connectivity index (χ3v) is 5.09. The van der Waals surface area contributed by atoms with Gasteiger partial charge in [0, 0.05) is 0 Å². The maximum atomic E-state index is 4.57. The summed E-state index contributed by atoms with van der Waals surface area (Å²) in [5.41, 5.74) is 6.13. The van der Waals surface area contributed by atoms with E-state index in [1.54, 1.807) is 0 Å². The van der Waals surface area contributed by atoms with Crippen molar-refractivity contribution in [3.8, 4) is 0 Å². The van der Waals surface area contributed by atoms with Crippen LogP contribution in [0.1, 0.15) is 48.2 Å². The van der Waals surface area contributed by atoms with Crippen LogP contribution in [0.3, 0.4) is 0 Å². The molecule has 0 saturated carbocycles. The lowest BCUT2D eigenvalue weighted by Gasteiger charge is -2.14. The quantitative estimate of drug-likeness (QED) is 0.662. The fourth-order valence-electron chi connectivity index (χ4n) is 3.67. The van der Waals surface area contributed by atoms with Gasteiger partial charge in [0.05, 0.1) is 17.1 Å². The molecule has 0 amide bonds. The van der Waals surface area contributed by atoms with Gasteiger partial charge in [0.2, 0.25) is 0 Å². The lowest BCUT2D eigenvalue weighted by atomic mass is 10.0. The number of rotatable bonds is 4. The summed E-state index contributed by atoms with van der Waals surface area (Å²) in [6, 6.07) is 21.2. The highest BCUT2D eigenvalue weighted by atomic mass is 15.4. The summed E-state index contributed by atoms with van der Waals surface area (Å²) in [4.78, 5) is 0. The highest BCUT2D eigenvalue weighted by Gasteiger charge is 2.18. The van der Waals surface area contributed by atoms with Crippen LogP contribution in [-0.4, -0.2) is 15.0 Å². The Balaban J connectivity index is 1.74. The molecule has 0 N–H and O–H groups in total. The van der Waals surface area contributed by atoms with Crippen LogP contribution in [-0.2, 0) is 19.3 Å². The van der Waals surface area contributed by atoms with Gasteiger partial charge in [-0.05, 0) is 43.2 Å². The average Bonchev–Trinajstić information content (AvgIpc) is 3.05. The van der Waals surface area contributed by atoms with Crippen molar-refractivity contribution in [1.29, 1.82) is 0 Å². The molecule has 132 valence electrons. The molecule has 1 aromatic heterocycles. The predicted molar refractivity (Wildman–Crippen MR) is 106 cm³/mol. The molecule has 0 unspecified atom stereocenters. The third-order valence-electron chi connectivity index (χ3n) is 5.09. The number of aromatic nitrogens is 3. The van der Waals surface area contributed by atoms with Gasteiger partial charge in [0.25, 0.3) is 0 Å². The van der Waals surface area contributed by atoms with E-state index in [1.165, 1.54) is 48.2 Å². The highest BCUT2D eigenvalue weighted by Crippen LogP contribution is 2.24. The van der Waals surface area contributed by atoms with Crippen molar-refractivity contribution in [2.45, 2.75) is 44.9 Å². The van der Waals surface area contributed by atoms with Crippen LogP contribution in [0.15, 0.2) is 66.7 Å². The second-order valence-corrected chi connectivity index (χ2v) is 6.95. The molecule has 0 aliphatic heterocycles. The summed E-state index contributed by atoms with van der Waals surface area (Å²) in [5.74, 6) is 0.